The molecule has 1 saturated carbocycles. The van der Waals surface area contributed by atoms with E-state index in [2.05, 4.69) is 6.92 Å². The topological polar surface area (TPSA) is 63.4 Å². The highest BCUT2D eigenvalue weighted by Gasteiger charge is 2.36. The molecule has 0 amide bonds. The Balaban J connectivity index is 2.18. The van der Waals surface area contributed by atoms with E-state index in [0.29, 0.717) is 29.1 Å². The monoisotopic (exact) mass is 288 g/mol. The van der Waals surface area contributed by atoms with E-state index in [-0.39, 0.29) is 0 Å². The van der Waals surface area contributed by atoms with Gasteiger partial charge in [-0.05, 0) is 36.8 Å². The fraction of sp³-hybridized carbons (Fsp3) is 0.667. The second-order valence-electron chi connectivity index (χ2n) is 5.13. The van der Waals surface area contributed by atoms with E-state index in [1.807, 2.05) is 6.92 Å². The van der Waals surface area contributed by atoms with Gasteiger partial charge in [-0.1, -0.05) is 6.92 Å². The van der Waals surface area contributed by atoms with Gasteiger partial charge in [0.2, 0.25) is 0 Å². The Kier molecular flexibility index (Phi) is 3.82. The van der Waals surface area contributed by atoms with Crippen molar-refractivity contribution in [2.24, 2.45) is 17.6 Å². The Labute approximate surface area is 113 Å². The van der Waals surface area contributed by atoms with Gasteiger partial charge in [0.05, 0.1) is 0 Å². The minimum absolute atomic E-state index is 0.398. The normalized spacial score (nSPS) is 23.6. The molecule has 0 spiro atoms. The van der Waals surface area contributed by atoms with Crippen LogP contribution in [0.25, 0.3) is 0 Å². The molecule has 1 fully saturated rings. The van der Waals surface area contributed by atoms with Crippen LogP contribution in [0.1, 0.15) is 23.8 Å². The molecule has 0 saturated heterocycles. The van der Waals surface area contributed by atoms with E-state index >= 15 is 0 Å². The van der Waals surface area contributed by atoms with Gasteiger partial charge in [-0.2, -0.15) is 4.31 Å². The van der Waals surface area contributed by atoms with E-state index in [1.54, 1.807) is 13.1 Å². The number of hydrogen-bond donors (Lipinski definition) is 1. The van der Waals surface area contributed by atoms with Gasteiger partial charge in [-0.3, -0.25) is 0 Å². The molecule has 18 heavy (non-hydrogen) atoms. The molecule has 2 rings (SSSR count). The fourth-order valence-electron chi connectivity index (χ4n) is 2.05. The van der Waals surface area contributed by atoms with Gasteiger partial charge in [-0.15, -0.1) is 11.3 Å². The van der Waals surface area contributed by atoms with Crippen molar-refractivity contribution in [3.63, 3.8) is 0 Å². The summed E-state index contributed by atoms with van der Waals surface area (Å²) in [5.41, 5.74) is 6.56. The SMILES string of the molecule is Cc1cc(S(=O)(=O)N(C)CC2CC2C)sc1CN. The van der Waals surface area contributed by atoms with Crippen LogP contribution in [-0.2, 0) is 16.6 Å². The Bertz CT molecular complexity index is 536. The van der Waals surface area contributed by atoms with Crippen LogP contribution >= 0.6 is 11.3 Å². The molecule has 0 bridgehead atoms. The van der Waals surface area contributed by atoms with E-state index in [4.69, 9.17) is 5.73 Å². The predicted molar refractivity (Wildman–Crippen MR) is 74.0 cm³/mol. The van der Waals surface area contributed by atoms with Crippen LogP contribution in [0.2, 0.25) is 0 Å². The number of nitrogens with zero attached hydrogens (tertiary/aromatic N) is 1. The standard InChI is InChI=1S/C12H20N2O2S2/c1-8-4-10(8)7-14(3)18(15,16)12-5-9(2)11(6-13)17-12/h5,8,10H,4,6-7,13H2,1-3H3. The Morgan fingerprint density at radius 3 is 2.61 bits per heavy atom. The van der Waals surface area contributed by atoms with Crippen molar-refractivity contribution in [1.82, 2.24) is 4.31 Å². The molecule has 0 aliphatic heterocycles. The number of rotatable bonds is 5. The van der Waals surface area contributed by atoms with Gasteiger partial charge < -0.3 is 5.73 Å². The van der Waals surface area contributed by atoms with Crippen molar-refractivity contribution in [3.05, 3.63) is 16.5 Å². The van der Waals surface area contributed by atoms with Crippen LogP contribution < -0.4 is 5.73 Å². The maximum absolute atomic E-state index is 12.4. The number of thiophene rings is 1. The molecule has 2 N–H and O–H groups in total. The van der Waals surface area contributed by atoms with Crippen LogP contribution in [0.15, 0.2) is 10.3 Å². The predicted octanol–water partition coefficient (Wildman–Crippen LogP) is 1.79. The zero-order chi connectivity index (χ0) is 13.5. The minimum atomic E-state index is -3.33. The third kappa shape index (κ3) is 2.61. The Morgan fingerprint density at radius 2 is 2.17 bits per heavy atom. The van der Waals surface area contributed by atoms with Crippen molar-refractivity contribution < 1.29 is 8.42 Å². The van der Waals surface area contributed by atoms with Crippen molar-refractivity contribution in [2.45, 2.75) is 31.0 Å². The molecule has 1 heterocycles. The second kappa shape index (κ2) is 4.92. The number of nitrogens with two attached hydrogens (primary N) is 1. The number of hydrogen-bond acceptors (Lipinski definition) is 4. The lowest BCUT2D eigenvalue weighted by atomic mass is 10.3. The summed E-state index contributed by atoms with van der Waals surface area (Å²) in [4.78, 5) is 0.946. The Morgan fingerprint density at radius 1 is 1.56 bits per heavy atom. The molecular formula is C12H20N2O2S2. The van der Waals surface area contributed by atoms with Crippen molar-refractivity contribution >= 4 is 21.4 Å². The Hall–Kier alpha value is -0.430. The molecule has 1 aliphatic rings. The summed E-state index contributed by atoms with van der Waals surface area (Å²) in [6, 6.07) is 1.73. The molecule has 1 aromatic heterocycles. The van der Waals surface area contributed by atoms with Crippen LogP contribution in [0.5, 0.6) is 0 Å². The van der Waals surface area contributed by atoms with Crippen molar-refractivity contribution in [3.8, 4) is 0 Å². The van der Waals surface area contributed by atoms with E-state index < -0.39 is 10.0 Å². The number of sulfonamides is 1. The molecule has 2 atom stereocenters. The van der Waals surface area contributed by atoms with Gasteiger partial charge in [0.15, 0.2) is 0 Å². The number of aryl methyl sites for hydroxylation is 1. The highest BCUT2D eigenvalue weighted by Crippen LogP contribution is 2.39. The molecule has 2 unspecified atom stereocenters. The lowest BCUT2D eigenvalue weighted by Crippen LogP contribution is -2.28. The van der Waals surface area contributed by atoms with Crippen LogP contribution in [0.3, 0.4) is 0 Å². The summed E-state index contributed by atoms with van der Waals surface area (Å²) < 4.78 is 26.7. The third-order valence-electron chi connectivity index (χ3n) is 3.62. The molecule has 1 aromatic rings. The van der Waals surface area contributed by atoms with Crippen LogP contribution in [0.4, 0.5) is 0 Å². The van der Waals surface area contributed by atoms with Gasteiger partial charge in [0, 0.05) is 25.0 Å². The van der Waals surface area contributed by atoms with Crippen molar-refractivity contribution in [2.75, 3.05) is 13.6 Å². The second-order valence-corrected chi connectivity index (χ2v) is 8.54. The summed E-state index contributed by atoms with van der Waals surface area (Å²) in [7, 11) is -1.67. The van der Waals surface area contributed by atoms with Gasteiger partial charge >= 0.3 is 0 Å². The quantitative estimate of drug-likeness (QED) is 0.898. The molecule has 0 aromatic carbocycles. The zero-order valence-electron chi connectivity index (χ0n) is 11.0. The molecule has 6 heteroatoms. The molecule has 0 radical (unpaired) electrons. The van der Waals surface area contributed by atoms with Crippen LogP contribution in [-0.4, -0.2) is 26.3 Å². The first-order valence-corrected chi connectivity index (χ1v) is 8.37. The minimum Gasteiger partial charge on any atom is -0.326 e. The molecule has 1 aliphatic carbocycles. The van der Waals surface area contributed by atoms with Gasteiger partial charge in [0.1, 0.15) is 4.21 Å². The first-order valence-electron chi connectivity index (χ1n) is 6.12. The molecular weight excluding hydrogens is 268 g/mol. The summed E-state index contributed by atoms with van der Waals surface area (Å²) in [6.07, 6.45) is 1.14. The smallest absolute Gasteiger partial charge is 0.252 e. The van der Waals surface area contributed by atoms with E-state index in [9.17, 15) is 8.42 Å². The first-order chi connectivity index (χ1) is 8.36. The first kappa shape index (κ1) is 14.0. The summed E-state index contributed by atoms with van der Waals surface area (Å²) >= 11 is 1.29. The zero-order valence-corrected chi connectivity index (χ0v) is 12.6. The largest absolute Gasteiger partial charge is 0.326 e. The average Bonchev–Trinajstić information content (AvgIpc) is 2.85. The summed E-state index contributed by atoms with van der Waals surface area (Å²) in [5.74, 6) is 1.19. The van der Waals surface area contributed by atoms with E-state index in [1.165, 1.54) is 15.6 Å². The lowest BCUT2D eigenvalue weighted by Gasteiger charge is -2.15. The van der Waals surface area contributed by atoms with Gasteiger partial charge in [-0.25, -0.2) is 8.42 Å². The van der Waals surface area contributed by atoms with E-state index in [0.717, 1.165) is 16.9 Å². The fourth-order valence-corrected chi connectivity index (χ4v) is 4.96. The molecule has 102 valence electrons. The summed E-state index contributed by atoms with van der Waals surface area (Å²) in [6.45, 7) is 5.08. The third-order valence-corrected chi connectivity index (χ3v) is 7.15. The maximum Gasteiger partial charge on any atom is 0.252 e. The van der Waals surface area contributed by atoms with Gasteiger partial charge in [0.25, 0.3) is 10.0 Å². The lowest BCUT2D eigenvalue weighted by molar-refractivity contribution is 0.446. The highest BCUT2D eigenvalue weighted by atomic mass is 32.2. The molecule has 4 nitrogen and oxygen atoms in total. The summed E-state index contributed by atoms with van der Waals surface area (Å²) in [5, 5.41) is 0. The highest BCUT2D eigenvalue weighted by molar-refractivity contribution is 7.91. The van der Waals surface area contributed by atoms with Crippen molar-refractivity contribution in [1.29, 1.82) is 0 Å². The van der Waals surface area contributed by atoms with Crippen LogP contribution in [0, 0.1) is 18.8 Å². The average molecular weight is 288 g/mol. The maximum atomic E-state index is 12.4.